The lowest BCUT2D eigenvalue weighted by atomic mass is 9.79. The maximum atomic E-state index is 13.9. The van der Waals surface area contributed by atoms with Gasteiger partial charge in [0.25, 0.3) is 0 Å². The number of ether oxygens (including phenoxy) is 1. The maximum absolute atomic E-state index is 13.9. The topological polar surface area (TPSA) is 51.2 Å². The number of nitrogens with zero attached hydrogens (tertiary/aromatic N) is 1. The van der Waals surface area contributed by atoms with Crippen molar-refractivity contribution >= 4 is 23.2 Å². The third kappa shape index (κ3) is 4.47. The summed E-state index contributed by atoms with van der Waals surface area (Å²) in [5, 5.41) is 2.76. The number of hydrogen-bond donors (Lipinski definition) is 1. The van der Waals surface area contributed by atoms with Crippen LogP contribution in [0.5, 0.6) is 0 Å². The molecule has 4 nitrogen and oxygen atoms in total. The second-order valence-corrected chi connectivity index (χ2v) is 9.41. The van der Waals surface area contributed by atoms with E-state index in [1.807, 2.05) is 6.07 Å². The number of hydrogen-bond acceptors (Lipinski definition) is 4. The minimum absolute atomic E-state index is 0.266. The lowest BCUT2D eigenvalue weighted by Gasteiger charge is -2.27. The first kappa shape index (κ1) is 20.3. The minimum Gasteiger partial charge on any atom is -0.449 e. The summed E-state index contributed by atoms with van der Waals surface area (Å²) in [4.78, 5) is 17.4. The summed E-state index contributed by atoms with van der Waals surface area (Å²) in [6.07, 6.45) is 7.12. The summed E-state index contributed by atoms with van der Waals surface area (Å²) in [6, 6.07) is 5.05. The van der Waals surface area contributed by atoms with Gasteiger partial charge in [-0.1, -0.05) is 25.5 Å². The molecule has 1 heterocycles. The summed E-state index contributed by atoms with van der Waals surface area (Å²) < 4.78 is 19.6. The molecule has 3 aliphatic carbocycles. The molecule has 1 N–H and O–H groups in total. The highest BCUT2D eigenvalue weighted by Crippen LogP contribution is 2.46. The Morgan fingerprint density at radius 3 is 2.66 bits per heavy atom. The number of rotatable bonds is 5. The minimum atomic E-state index is -0.475. The fourth-order valence-corrected chi connectivity index (χ4v) is 5.90. The van der Waals surface area contributed by atoms with E-state index < -0.39 is 6.09 Å². The Labute approximate surface area is 175 Å². The summed E-state index contributed by atoms with van der Waals surface area (Å²) in [7, 11) is 0. The molecular formula is C23H29FN2O2S. The van der Waals surface area contributed by atoms with Gasteiger partial charge >= 0.3 is 6.09 Å². The van der Waals surface area contributed by atoms with Gasteiger partial charge in [-0.25, -0.2) is 14.2 Å². The van der Waals surface area contributed by atoms with Gasteiger partial charge in [-0.15, -0.1) is 11.3 Å². The predicted octanol–water partition coefficient (Wildman–Crippen LogP) is 6.66. The zero-order valence-corrected chi connectivity index (χ0v) is 17.9. The van der Waals surface area contributed by atoms with E-state index in [0.717, 1.165) is 16.7 Å². The summed E-state index contributed by atoms with van der Waals surface area (Å²) in [5.74, 6) is 2.93. The van der Waals surface area contributed by atoms with E-state index in [2.05, 4.69) is 17.2 Å². The molecule has 0 aliphatic heterocycles. The van der Waals surface area contributed by atoms with Crippen molar-refractivity contribution in [3.8, 4) is 10.4 Å². The Kier molecular flexibility index (Phi) is 6.18. The van der Waals surface area contributed by atoms with Crippen LogP contribution in [0.2, 0.25) is 0 Å². The zero-order valence-electron chi connectivity index (χ0n) is 17.1. The highest BCUT2D eigenvalue weighted by Gasteiger charge is 2.37. The lowest BCUT2D eigenvalue weighted by Crippen LogP contribution is -2.24. The summed E-state index contributed by atoms with van der Waals surface area (Å²) in [6.45, 7) is 4.48. The van der Waals surface area contributed by atoms with E-state index in [1.165, 1.54) is 55.9 Å². The van der Waals surface area contributed by atoms with Crippen LogP contribution in [0.1, 0.15) is 51.0 Å². The Hall–Kier alpha value is -1.95. The summed E-state index contributed by atoms with van der Waals surface area (Å²) in [5.41, 5.74) is 2.95. The summed E-state index contributed by atoms with van der Waals surface area (Å²) >= 11 is 1.37. The van der Waals surface area contributed by atoms with Crippen molar-refractivity contribution in [3.05, 3.63) is 35.1 Å². The van der Waals surface area contributed by atoms with Crippen molar-refractivity contribution in [3.63, 3.8) is 0 Å². The average Bonchev–Trinajstić information content (AvgIpc) is 3.03. The molecule has 1 aromatic heterocycles. The quantitative estimate of drug-likeness (QED) is 0.593. The number of aryl methyl sites for hydroxylation is 1. The molecule has 1 amide bonds. The van der Waals surface area contributed by atoms with Gasteiger partial charge < -0.3 is 4.74 Å². The molecule has 3 aliphatic rings. The molecule has 29 heavy (non-hydrogen) atoms. The molecule has 1 aromatic carbocycles. The van der Waals surface area contributed by atoms with Crippen LogP contribution in [-0.4, -0.2) is 17.7 Å². The van der Waals surface area contributed by atoms with Crippen LogP contribution in [0, 0.1) is 36.4 Å². The number of thiazole rings is 1. The zero-order chi connectivity index (χ0) is 20.4. The molecule has 2 aromatic rings. The smallest absolute Gasteiger partial charge is 0.412 e. The number of anilines is 1. The van der Waals surface area contributed by atoms with Gasteiger partial charge in [-0.2, -0.15) is 0 Å². The number of benzene rings is 1. The third-order valence-electron chi connectivity index (χ3n) is 6.93. The first-order valence-corrected chi connectivity index (χ1v) is 11.6. The predicted molar refractivity (Wildman–Crippen MR) is 115 cm³/mol. The first-order chi connectivity index (χ1) is 14.0. The van der Waals surface area contributed by atoms with Gasteiger partial charge in [-0.3, -0.25) is 5.32 Å². The molecule has 156 valence electrons. The van der Waals surface area contributed by atoms with E-state index in [0.29, 0.717) is 35.4 Å². The Bertz CT molecular complexity index is 860. The normalized spacial score (nSPS) is 26.2. The number of halogens is 1. The fourth-order valence-electron chi connectivity index (χ4n) is 5.16. The Morgan fingerprint density at radius 1 is 1.24 bits per heavy atom. The second-order valence-electron chi connectivity index (χ2n) is 8.56. The van der Waals surface area contributed by atoms with Crippen LogP contribution >= 0.6 is 11.3 Å². The molecule has 6 heteroatoms. The van der Waals surface area contributed by atoms with E-state index in [4.69, 9.17) is 4.74 Å². The average molecular weight is 417 g/mol. The molecule has 2 bridgehead atoms. The monoisotopic (exact) mass is 416 g/mol. The number of amides is 1. The molecule has 0 spiro atoms. The Morgan fingerprint density at radius 2 is 1.97 bits per heavy atom. The molecular weight excluding hydrogens is 387 g/mol. The number of nitrogens with one attached hydrogen (secondary N) is 1. The van der Waals surface area contributed by atoms with Crippen LogP contribution < -0.4 is 5.32 Å². The van der Waals surface area contributed by atoms with E-state index in [-0.39, 0.29) is 5.82 Å². The fraction of sp³-hybridized carbons (Fsp3) is 0.565. The highest BCUT2D eigenvalue weighted by molar-refractivity contribution is 7.13. The molecule has 0 saturated heterocycles. The number of carbonyl (C=O) groups excluding carboxylic acids is 1. The van der Waals surface area contributed by atoms with Crippen LogP contribution in [0.4, 0.5) is 15.0 Å². The van der Waals surface area contributed by atoms with E-state index in [1.54, 1.807) is 18.5 Å². The van der Waals surface area contributed by atoms with Crippen molar-refractivity contribution in [1.29, 1.82) is 0 Å². The second kappa shape index (κ2) is 8.82. The number of carbonyl (C=O) groups is 1. The van der Waals surface area contributed by atoms with E-state index in [9.17, 15) is 9.18 Å². The van der Waals surface area contributed by atoms with Crippen LogP contribution in [0.25, 0.3) is 10.4 Å². The van der Waals surface area contributed by atoms with E-state index >= 15 is 0 Å². The van der Waals surface area contributed by atoms with Gasteiger partial charge in [-0.05, 0) is 79.9 Å². The first-order valence-electron chi connectivity index (χ1n) is 10.7. The molecule has 2 unspecified atom stereocenters. The molecule has 5 rings (SSSR count). The largest absolute Gasteiger partial charge is 0.449 e. The SMILES string of the molecule is CCC1CC(COC(=O)Nc2ncsc2-c2ccc(C)c(F)c2)C2CCC1CC2. The van der Waals surface area contributed by atoms with Crippen molar-refractivity contribution in [2.75, 3.05) is 11.9 Å². The number of aromatic nitrogens is 1. The molecule has 3 fully saturated rings. The lowest BCUT2D eigenvalue weighted by molar-refractivity contribution is 0.112. The maximum Gasteiger partial charge on any atom is 0.412 e. The third-order valence-corrected chi connectivity index (χ3v) is 7.81. The van der Waals surface area contributed by atoms with Crippen molar-refractivity contribution in [1.82, 2.24) is 4.98 Å². The van der Waals surface area contributed by atoms with Crippen LogP contribution in [-0.2, 0) is 4.74 Å². The van der Waals surface area contributed by atoms with Crippen LogP contribution in [0.15, 0.2) is 23.7 Å². The van der Waals surface area contributed by atoms with Gasteiger partial charge in [0.1, 0.15) is 5.82 Å². The number of fused-ring (bicyclic) bond motifs is 4. The van der Waals surface area contributed by atoms with Gasteiger partial charge in [0.2, 0.25) is 0 Å². The van der Waals surface area contributed by atoms with Crippen molar-refractivity contribution < 1.29 is 13.9 Å². The van der Waals surface area contributed by atoms with Gasteiger partial charge in [0.05, 0.1) is 17.0 Å². The van der Waals surface area contributed by atoms with Gasteiger partial charge in [0, 0.05) is 0 Å². The molecule has 0 radical (unpaired) electrons. The Balaban J connectivity index is 1.38. The van der Waals surface area contributed by atoms with Crippen LogP contribution in [0.3, 0.4) is 0 Å². The van der Waals surface area contributed by atoms with Crippen molar-refractivity contribution in [2.45, 2.75) is 52.4 Å². The highest BCUT2D eigenvalue weighted by atomic mass is 32.1. The van der Waals surface area contributed by atoms with Crippen molar-refractivity contribution in [2.24, 2.45) is 23.7 Å². The molecule has 2 atom stereocenters. The van der Waals surface area contributed by atoms with Gasteiger partial charge in [0.15, 0.2) is 5.82 Å². The molecule has 3 saturated carbocycles. The standard InChI is InChI=1S/C23H29FN2O2S/c1-3-15-10-19(17-8-6-16(15)7-9-17)12-28-23(27)26-22-21(29-13-25-22)18-5-4-14(2)20(24)11-18/h4-5,11,13,15-17,19H,3,6-10,12H2,1-2H3,(H,26,27).